The van der Waals surface area contributed by atoms with Gasteiger partial charge in [-0.15, -0.1) is 10.2 Å². The number of hydrogen-bond donors (Lipinski definition) is 0. The van der Waals surface area contributed by atoms with Crippen LogP contribution in [-0.4, -0.2) is 23.4 Å². The molecule has 0 N–H and O–H groups in total. The van der Waals surface area contributed by atoms with Gasteiger partial charge in [-0.25, -0.2) is 0 Å². The lowest BCUT2D eigenvalue weighted by molar-refractivity contribution is 0.0996. The van der Waals surface area contributed by atoms with Gasteiger partial charge >= 0.3 is 0 Å². The molecule has 2 aliphatic heterocycles. The summed E-state index contributed by atoms with van der Waals surface area (Å²) in [5, 5.41) is 8.66. The van der Waals surface area contributed by atoms with Crippen LogP contribution in [-0.2, 0) is 4.74 Å². The average Bonchev–Trinajstić information content (AvgIpc) is 3.40. The molecule has 1 aromatic heterocycles. The monoisotopic (exact) mass is 334 g/mol. The number of aromatic nitrogens is 2. The molecule has 0 saturated carbocycles. The van der Waals surface area contributed by atoms with Crippen LogP contribution in [0.1, 0.15) is 47.3 Å². The second kappa shape index (κ2) is 6.01. The maximum absolute atomic E-state index is 6.08. The molecule has 0 bridgehead atoms. The molecule has 5 heteroatoms. The summed E-state index contributed by atoms with van der Waals surface area (Å²) >= 11 is 0. The SMILES string of the molecule is c1ccc([C@H]2OCC[C@@H]2c2nnc(C3COc4ccccc43)o2)cc1. The van der Waals surface area contributed by atoms with E-state index in [4.69, 9.17) is 13.9 Å². The quantitative estimate of drug-likeness (QED) is 0.728. The van der Waals surface area contributed by atoms with E-state index >= 15 is 0 Å². The lowest BCUT2D eigenvalue weighted by atomic mass is 9.95. The van der Waals surface area contributed by atoms with Crippen molar-refractivity contribution in [2.75, 3.05) is 13.2 Å². The highest BCUT2D eigenvalue weighted by Crippen LogP contribution is 2.43. The fraction of sp³-hybridized carbons (Fsp3) is 0.300. The number of nitrogens with zero attached hydrogens (tertiary/aromatic N) is 2. The van der Waals surface area contributed by atoms with Crippen molar-refractivity contribution in [1.82, 2.24) is 10.2 Å². The number of para-hydroxylation sites is 1. The molecule has 5 nitrogen and oxygen atoms in total. The van der Waals surface area contributed by atoms with Gasteiger partial charge in [0.15, 0.2) is 0 Å². The van der Waals surface area contributed by atoms with Crippen molar-refractivity contribution in [2.24, 2.45) is 0 Å². The van der Waals surface area contributed by atoms with Gasteiger partial charge < -0.3 is 13.9 Å². The average molecular weight is 334 g/mol. The Balaban J connectivity index is 1.43. The van der Waals surface area contributed by atoms with E-state index in [1.807, 2.05) is 36.4 Å². The topological polar surface area (TPSA) is 57.4 Å². The molecule has 0 spiro atoms. The van der Waals surface area contributed by atoms with Crippen molar-refractivity contribution < 1.29 is 13.9 Å². The predicted octanol–water partition coefficient (Wildman–Crippen LogP) is 3.84. The van der Waals surface area contributed by atoms with Gasteiger partial charge in [0.2, 0.25) is 11.8 Å². The van der Waals surface area contributed by atoms with Crippen molar-refractivity contribution in [3.8, 4) is 5.75 Å². The first-order chi connectivity index (χ1) is 12.4. The van der Waals surface area contributed by atoms with Crippen LogP contribution < -0.4 is 4.74 Å². The summed E-state index contributed by atoms with van der Waals surface area (Å²) in [7, 11) is 0. The zero-order valence-corrected chi connectivity index (χ0v) is 13.7. The largest absolute Gasteiger partial charge is 0.492 e. The highest BCUT2D eigenvalue weighted by atomic mass is 16.5. The molecule has 1 unspecified atom stereocenters. The normalized spacial score (nSPS) is 24.9. The third kappa shape index (κ3) is 2.51. The standard InChI is InChI=1S/C20H18N2O3/c1-2-6-13(7-3-1)18-15(10-11-23-18)19-21-22-20(25-19)16-12-24-17-9-5-4-8-14(16)17/h1-9,15-16,18H,10-12H2/t15-,16?,18+/m0/s1. The van der Waals surface area contributed by atoms with Crippen molar-refractivity contribution >= 4 is 0 Å². The predicted molar refractivity (Wildman–Crippen MR) is 90.6 cm³/mol. The van der Waals surface area contributed by atoms with Crippen LogP contribution >= 0.6 is 0 Å². The van der Waals surface area contributed by atoms with E-state index in [0.29, 0.717) is 25.0 Å². The summed E-state index contributed by atoms with van der Waals surface area (Å²) in [4.78, 5) is 0. The Hall–Kier alpha value is -2.66. The van der Waals surface area contributed by atoms with E-state index in [1.54, 1.807) is 0 Å². The first-order valence-electron chi connectivity index (χ1n) is 8.62. The van der Waals surface area contributed by atoms with Crippen LogP contribution in [0.4, 0.5) is 0 Å². The molecular weight excluding hydrogens is 316 g/mol. The molecule has 1 fully saturated rings. The minimum Gasteiger partial charge on any atom is -0.492 e. The summed E-state index contributed by atoms with van der Waals surface area (Å²) in [5.74, 6) is 2.29. The van der Waals surface area contributed by atoms with Crippen molar-refractivity contribution in [3.63, 3.8) is 0 Å². The van der Waals surface area contributed by atoms with Crippen molar-refractivity contribution in [1.29, 1.82) is 0 Å². The lowest BCUT2D eigenvalue weighted by Gasteiger charge is -2.15. The van der Waals surface area contributed by atoms with Crippen LogP contribution in [0.15, 0.2) is 59.0 Å². The highest BCUT2D eigenvalue weighted by Gasteiger charge is 2.36. The van der Waals surface area contributed by atoms with Gasteiger partial charge in [-0.3, -0.25) is 0 Å². The second-order valence-electron chi connectivity index (χ2n) is 6.48. The Morgan fingerprint density at radius 3 is 2.60 bits per heavy atom. The van der Waals surface area contributed by atoms with E-state index < -0.39 is 0 Å². The maximum atomic E-state index is 6.08. The summed E-state index contributed by atoms with van der Waals surface area (Å²) in [6.07, 6.45) is 0.862. The molecule has 5 rings (SSSR count). The van der Waals surface area contributed by atoms with Crippen LogP contribution in [0.3, 0.4) is 0 Å². The second-order valence-corrected chi connectivity index (χ2v) is 6.48. The van der Waals surface area contributed by atoms with Crippen molar-refractivity contribution in [2.45, 2.75) is 24.4 Å². The Labute approximate surface area is 145 Å². The Bertz CT molecular complexity index is 877. The fourth-order valence-electron chi connectivity index (χ4n) is 3.72. The molecule has 3 atom stereocenters. The maximum Gasteiger partial charge on any atom is 0.227 e. The third-order valence-electron chi connectivity index (χ3n) is 4.99. The zero-order chi connectivity index (χ0) is 16.6. The molecule has 126 valence electrons. The number of fused-ring (bicyclic) bond motifs is 1. The van der Waals surface area contributed by atoms with Gasteiger partial charge in [0.05, 0.1) is 17.9 Å². The molecular formula is C20H18N2O3. The van der Waals surface area contributed by atoms with Crippen LogP contribution in [0.25, 0.3) is 0 Å². The van der Waals surface area contributed by atoms with Gasteiger partial charge in [-0.05, 0) is 18.1 Å². The summed E-state index contributed by atoms with van der Waals surface area (Å²) in [5.41, 5.74) is 2.26. The number of benzene rings is 2. The molecule has 3 aromatic rings. The minimum atomic E-state index is -0.0263. The number of ether oxygens (including phenoxy) is 2. The first-order valence-corrected chi connectivity index (χ1v) is 8.62. The van der Waals surface area contributed by atoms with E-state index in [1.165, 1.54) is 0 Å². The highest BCUT2D eigenvalue weighted by molar-refractivity contribution is 5.42. The number of rotatable bonds is 3. The van der Waals surface area contributed by atoms with Gasteiger partial charge in [-0.2, -0.15) is 0 Å². The molecule has 0 radical (unpaired) electrons. The molecule has 1 saturated heterocycles. The lowest BCUT2D eigenvalue weighted by Crippen LogP contribution is -2.06. The first kappa shape index (κ1) is 14.7. The zero-order valence-electron chi connectivity index (χ0n) is 13.7. The van der Waals surface area contributed by atoms with Crippen LogP contribution in [0.5, 0.6) is 5.75 Å². The van der Waals surface area contributed by atoms with Gasteiger partial charge in [0, 0.05) is 12.2 Å². The molecule has 2 aromatic carbocycles. The molecule has 2 aliphatic rings. The van der Waals surface area contributed by atoms with E-state index in [0.717, 1.165) is 23.3 Å². The van der Waals surface area contributed by atoms with Crippen LogP contribution in [0.2, 0.25) is 0 Å². The Morgan fingerprint density at radius 2 is 1.68 bits per heavy atom. The smallest absolute Gasteiger partial charge is 0.227 e. The summed E-state index contributed by atoms with van der Waals surface area (Å²) in [6.45, 7) is 1.25. The Kier molecular flexibility index (Phi) is 3.52. The summed E-state index contributed by atoms with van der Waals surface area (Å²) < 4.78 is 17.8. The molecule has 0 aliphatic carbocycles. The molecule has 0 amide bonds. The van der Waals surface area contributed by atoms with Crippen molar-refractivity contribution in [3.05, 3.63) is 77.5 Å². The van der Waals surface area contributed by atoms with Gasteiger partial charge in [0.1, 0.15) is 12.4 Å². The minimum absolute atomic E-state index is 0.00921. The fourth-order valence-corrected chi connectivity index (χ4v) is 3.72. The number of hydrogen-bond acceptors (Lipinski definition) is 5. The van der Waals surface area contributed by atoms with Crippen LogP contribution in [0, 0.1) is 0 Å². The summed E-state index contributed by atoms with van der Waals surface area (Å²) in [6, 6.07) is 18.2. The third-order valence-corrected chi connectivity index (χ3v) is 4.99. The molecule has 3 heterocycles. The Morgan fingerprint density at radius 1 is 0.880 bits per heavy atom. The van der Waals surface area contributed by atoms with Gasteiger partial charge in [-0.1, -0.05) is 48.5 Å². The molecule has 25 heavy (non-hydrogen) atoms. The van der Waals surface area contributed by atoms with Gasteiger partial charge in [0.25, 0.3) is 0 Å². The van der Waals surface area contributed by atoms with E-state index in [-0.39, 0.29) is 17.9 Å². The van der Waals surface area contributed by atoms with E-state index in [2.05, 4.69) is 28.4 Å². The van der Waals surface area contributed by atoms with E-state index in [9.17, 15) is 0 Å².